The molecule has 1 aromatic carbocycles. The van der Waals surface area contributed by atoms with Crippen molar-refractivity contribution in [3.63, 3.8) is 0 Å². The molecule has 2 atom stereocenters. The molecule has 0 spiro atoms. The minimum atomic E-state index is -0.844. The lowest BCUT2D eigenvalue weighted by molar-refractivity contribution is -0.138. The fraction of sp³-hybridized carbons (Fsp3) is 0.821. The molecule has 0 saturated heterocycles. The van der Waals surface area contributed by atoms with Gasteiger partial charge in [-0.05, 0) is 55.7 Å². The van der Waals surface area contributed by atoms with Crippen molar-refractivity contribution in [1.29, 1.82) is 0 Å². The molecule has 0 heterocycles. The van der Waals surface area contributed by atoms with Crippen molar-refractivity contribution in [3.8, 4) is 0 Å². The van der Waals surface area contributed by atoms with E-state index >= 15 is 0 Å². The van der Waals surface area contributed by atoms with Crippen LogP contribution in [0.2, 0.25) is 0 Å². The monoisotopic (exact) mass is 927 g/mol. The van der Waals surface area contributed by atoms with Crippen LogP contribution >= 0.6 is 0 Å². The quantitative estimate of drug-likeness (QED) is 0.0380. The first-order valence-electron chi connectivity index (χ1n) is 27.7. The maximum Gasteiger partial charge on any atom is 0.274 e. The van der Waals surface area contributed by atoms with Gasteiger partial charge < -0.3 is 10.6 Å². The minimum absolute atomic E-state index is 0.167. The average Bonchev–Trinajstić information content (AvgIpc) is 3.30. The van der Waals surface area contributed by atoms with Crippen molar-refractivity contribution in [1.82, 2.24) is 21.6 Å². The Kier molecular flexibility index (Phi) is 40.1. The Bertz CT molecular complexity index is 1240. The lowest BCUT2D eigenvalue weighted by Gasteiger charge is -2.20. The fourth-order valence-corrected chi connectivity index (χ4v) is 8.44. The minimum Gasteiger partial charge on any atom is -0.354 e. The SMILES string of the molecule is CCCCCCCCCCCCCCCCCCNC(=O)[C@@H](CC(C)C)ONC(=O)c1cccc(C(=O)NO[C@H](CC(C)C)C(=O)NCCCCCCCCCCCCCCCCCC)c1. The Morgan fingerprint density at radius 3 is 0.924 bits per heavy atom. The highest BCUT2D eigenvalue weighted by atomic mass is 16.7. The maximum atomic E-state index is 13.1. The molecule has 0 aliphatic heterocycles. The zero-order chi connectivity index (χ0) is 48.3. The Balaban J connectivity index is 2.35. The van der Waals surface area contributed by atoms with Gasteiger partial charge in [-0.15, -0.1) is 0 Å². The molecule has 0 aromatic heterocycles. The molecule has 10 nitrogen and oxygen atoms in total. The molecular weight excluding hydrogens is 825 g/mol. The number of carbonyl (C=O) groups excluding carboxylic acids is 4. The molecule has 1 aromatic rings. The van der Waals surface area contributed by atoms with E-state index in [1.807, 2.05) is 27.7 Å². The molecule has 10 heteroatoms. The number of unbranched alkanes of at least 4 members (excludes halogenated alkanes) is 30. The van der Waals surface area contributed by atoms with Crippen molar-refractivity contribution >= 4 is 23.6 Å². The first kappa shape index (κ1) is 61.0. The molecule has 382 valence electrons. The second kappa shape index (κ2) is 43.3. The van der Waals surface area contributed by atoms with E-state index in [-0.39, 0.29) is 34.8 Å². The van der Waals surface area contributed by atoms with Gasteiger partial charge in [-0.25, -0.2) is 11.0 Å². The molecule has 4 N–H and O–H groups in total. The Hall–Kier alpha value is -2.98. The molecule has 0 radical (unpaired) electrons. The van der Waals surface area contributed by atoms with Crippen LogP contribution in [0.4, 0.5) is 0 Å². The van der Waals surface area contributed by atoms with Gasteiger partial charge in [-0.3, -0.25) is 28.9 Å². The molecule has 66 heavy (non-hydrogen) atoms. The van der Waals surface area contributed by atoms with Gasteiger partial charge >= 0.3 is 0 Å². The Morgan fingerprint density at radius 2 is 0.667 bits per heavy atom. The summed E-state index contributed by atoms with van der Waals surface area (Å²) in [6.45, 7) is 13.7. The molecule has 0 unspecified atom stereocenters. The van der Waals surface area contributed by atoms with Crippen molar-refractivity contribution in [3.05, 3.63) is 35.4 Å². The summed E-state index contributed by atoms with van der Waals surface area (Å²) < 4.78 is 0. The highest BCUT2D eigenvalue weighted by molar-refractivity contribution is 5.99. The predicted octanol–water partition coefficient (Wildman–Crippen LogP) is 14.6. The summed E-state index contributed by atoms with van der Waals surface area (Å²) in [4.78, 5) is 63.8. The van der Waals surface area contributed by atoms with Gasteiger partial charge in [-0.1, -0.05) is 240 Å². The topological polar surface area (TPSA) is 135 Å². The standard InChI is InChI=1S/C56H102N4O6/c1-7-9-11-13-15-17-19-21-23-25-27-29-31-33-35-37-42-57-55(63)51(44-47(3)4)65-59-53(61)49-40-39-41-50(46-49)54(62)60-66-52(45-48(5)6)56(64)58-43-38-36-34-32-30-28-26-24-22-20-18-16-14-12-10-8-2/h39-41,46-48,51-52H,7-38,42-45H2,1-6H3,(H,57,63)(H,58,64)(H,59,61)(H,60,62)/t51-,52-/m1/s1. The van der Waals surface area contributed by atoms with Crippen LogP contribution in [-0.2, 0) is 19.3 Å². The lowest BCUT2D eigenvalue weighted by atomic mass is 10.0. The van der Waals surface area contributed by atoms with E-state index in [2.05, 4.69) is 35.4 Å². The first-order valence-corrected chi connectivity index (χ1v) is 27.7. The van der Waals surface area contributed by atoms with Crippen LogP contribution in [0.5, 0.6) is 0 Å². The summed E-state index contributed by atoms with van der Waals surface area (Å²) in [6.07, 6.45) is 40.7. The number of amides is 4. The molecule has 0 fully saturated rings. The van der Waals surface area contributed by atoms with Gasteiger partial charge in [-0.2, -0.15) is 0 Å². The lowest BCUT2D eigenvalue weighted by Crippen LogP contribution is -2.42. The highest BCUT2D eigenvalue weighted by Gasteiger charge is 2.24. The van der Waals surface area contributed by atoms with Crippen molar-refractivity contribution in [2.24, 2.45) is 11.8 Å². The van der Waals surface area contributed by atoms with Crippen LogP contribution in [-0.4, -0.2) is 48.9 Å². The number of rotatable bonds is 46. The van der Waals surface area contributed by atoms with E-state index < -0.39 is 24.0 Å². The predicted molar refractivity (Wildman–Crippen MR) is 275 cm³/mol. The summed E-state index contributed by atoms with van der Waals surface area (Å²) in [5.74, 6) is -1.31. The van der Waals surface area contributed by atoms with E-state index in [1.165, 1.54) is 186 Å². The van der Waals surface area contributed by atoms with E-state index in [1.54, 1.807) is 18.2 Å². The first-order chi connectivity index (χ1) is 32.1. The molecule has 0 saturated carbocycles. The van der Waals surface area contributed by atoms with Crippen molar-refractivity contribution in [2.75, 3.05) is 13.1 Å². The maximum absolute atomic E-state index is 13.1. The van der Waals surface area contributed by atoms with Gasteiger partial charge in [0.15, 0.2) is 12.2 Å². The van der Waals surface area contributed by atoms with Crippen LogP contribution in [0, 0.1) is 11.8 Å². The number of nitrogens with one attached hydrogen (secondary N) is 4. The third-order valence-electron chi connectivity index (χ3n) is 12.6. The summed E-state index contributed by atoms with van der Waals surface area (Å²) in [5.41, 5.74) is 5.25. The Morgan fingerprint density at radius 1 is 0.409 bits per heavy atom. The zero-order valence-corrected chi connectivity index (χ0v) is 43.5. The van der Waals surface area contributed by atoms with Crippen LogP contribution in [0.15, 0.2) is 24.3 Å². The third-order valence-corrected chi connectivity index (χ3v) is 12.6. The smallest absolute Gasteiger partial charge is 0.274 e. The van der Waals surface area contributed by atoms with Crippen molar-refractivity contribution in [2.45, 2.75) is 272 Å². The number of hydrogen-bond donors (Lipinski definition) is 4. The summed E-state index contributed by atoms with van der Waals surface area (Å²) in [7, 11) is 0. The van der Waals surface area contributed by atoms with Crippen LogP contribution in [0.1, 0.15) is 281 Å². The van der Waals surface area contributed by atoms with Gasteiger partial charge in [0.05, 0.1) is 0 Å². The summed E-state index contributed by atoms with van der Waals surface area (Å²) in [5, 5.41) is 5.99. The molecule has 0 aliphatic carbocycles. The van der Waals surface area contributed by atoms with Gasteiger partial charge in [0.1, 0.15) is 0 Å². The second-order valence-electron chi connectivity index (χ2n) is 20.1. The summed E-state index contributed by atoms with van der Waals surface area (Å²) >= 11 is 0. The second-order valence-corrected chi connectivity index (χ2v) is 20.1. The number of hydrogen-bond acceptors (Lipinski definition) is 6. The van der Waals surface area contributed by atoms with E-state index in [0.717, 1.165) is 25.7 Å². The largest absolute Gasteiger partial charge is 0.354 e. The number of carbonyl (C=O) groups is 4. The van der Waals surface area contributed by atoms with Gasteiger partial charge in [0.25, 0.3) is 23.6 Å². The van der Waals surface area contributed by atoms with E-state index in [9.17, 15) is 19.2 Å². The number of benzene rings is 1. The number of hydroxylamine groups is 2. The highest BCUT2D eigenvalue weighted by Crippen LogP contribution is 2.17. The summed E-state index contributed by atoms with van der Waals surface area (Å²) in [6, 6.07) is 6.16. The average molecular weight is 927 g/mol. The zero-order valence-electron chi connectivity index (χ0n) is 43.5. The molecular formula is C56H102N4O6. The van der Waals surface area contributed by atoms with Gasteiger partial charge in [0, 0.05) is 24.2 Å². The van der Waals surface area contributed by atoms with Gasteiger partial charge in [0.2, 0.25) is 0 Å². The van der Waals surface area contributed by atoms with Crippen LogP contribution in [0.3, 0.4) is 0 Å². The third kappa shape index (κ3) is 35.2. The molecule has 4 amide bonds. The van der Waals surface area contributed by atoms with E-state index in [4.69, 9.17) is 9.68 Å². The van der Waals surface area contributed by atoms with E-state index in [0.29, 0.717) is 25.9 Å². The van der Waals surface area contributed by atoms with Crippen LogP contribution in [0.25, 0.3) is 0 Å². The molecule has 0 bridgehead atoms. The molecule has 1 rings (SSSR count). The molecule has 0 aliphatic rings. The fourth-order valence-electron chi connectivity index (χ4n) is 8.44. The van der Waals surface area contributed by atoms with Crippen LogP contribution < -0.4 is 21.6 Å². The van der Waals surface area contributed by atoms with Crippen molar-refractivity contribution < 1.29 is 28.9 Å². The normalized spacial score (nSPS) is 12.4. The Labute approximate surface area is 405 Å².